The number of hydrogen-bond donors (Lipinski definition) is 1. The molecule has 0 aromatic carbocycles. The van der Waals surface area contributed by atoms with Gasteiger partial charge < -0.3 is 14.6 Å². The zero-order chi connectivity index (χ0) is 17.1. The highest BCUT2D eigenvalue weighted by atomic mass is 32.2. The number of nitrogens with one attached hydrogen (secondary N) is 1. The molecular formula is C16H28NO5S-. The molecule has 0 spiro atoms. The summed E-state index contributed by atoms with van der Waals surface area (Å²) < 4.78 is 38.1. The molecule has 1 saturated carbocycles. The number of unbranched alkanes of at least 4 members (excludes halogenated alkanes) is 1. The number of esters is 1. The lowest BCUT2D eigenvalue weighted by Crippen LogP contribution is -2.41. The maximum atomic E-state index is 11.8. The van der Waals surface area contributed by atoms with E-state index in [-0.39, 0.29) is 13.0 Å². The van der Waals surface area contributed by atoms with E-state index in [9.17, 15) is 17.8 Å². The fourth-order valence-corrected chi connectivity index (χ4v) is 3.31. The Kier molecular flexibility index (Phi) is 9.43. The number of allylic oxidation sites excluding steroid dienone is 1. The molecule has 7 heteroatoms. The Bertz CT molecular complexity index is 469. The van der Waals surface area contributed by atoms with Crippen LogP contribution in [0.1, 0.15) is 58.3 Å². The second kappa shape index (κ2) is 10.8. The predicted octanol–water partition coefficient (Wildman–Crippen LogP) is 2.11. The standard InChI is InChI=1S/C16H29NO5S/c1-2-3-4-8-11-16(18)22-15(13-23(19,20)21)12-17-14-9-6-5-7-10-14/h4,8,14-15,17H,2-3,5-7,9-13H2,1H3,(H,19,20,21)/p-1/b8-4-. The molecule has 1 fully saturated rings. The van der Waals surface area contributed by atoms with Gasteiger partial charge in [-0.15, -0.1) is 0 Å². The lowest BCUT2D eigenvalue weighted by Gasteiger charge is -2.26. The lowest BCUT2D eigenvalue weighted by molar-refractivity contribution is -0.146. The molecule has 134 valence electrons. The van der Waals surface area contributed by atoms with Crippen molar-refractivity contribution in [3.63, 3.8) is 0 Å². The van der Waals surface area contributed by atoms with Gasteiger partial charge in [0, 0.05) is 12.6 Å². The third-order valence-corrected chi connectivity index (χ3v) is 4.61. The number of rotatable bonds is 10. The van der Waals surface area contributed by atoms with E-state index in [4.69, 9.17) is 4.74 Å². The Morgan fingerprint density at radius 3 is 2.61 bits per heavy atom. The molecule has 0 bridgehead atoms. The van der Waals surface area contributed by atoms with Crippen molar-refractivity contribution < 1.29 is 22.5 Å². The zero-order valence-electron chi connectivity index (χ0n) is 13.8. The monoisotopic (exact) mass is 346 g/mol. The van der Waals surface area contributed by atoms with Crippen LogP contribution in [0.4, 0.5) is 0 Å². The third kappa shape index (κ3) is 10.5. The van der Waals surface area contributed by atoms with Crippen molar-refractivity contribution in [2.45, 2.75) is 70.4 Å². The number of hydrogen-bond acceptors (Lipinski definition) is 6. The molecule has 0 radical (unpaired) electrons. The molecule has 0 aromatic heterocycles. The van der Waals surface area contributed by atoms with Crippen molar-refractivity contribution in [2.24, 2.45) is 0 Å². The third-order valence-electron chi connectivity index (χ3n) is 3.83. The molecular weight excluding hydrogens is 318 g/mol. The van der Waals surface area contributed by atoms with Crippen LogP contribution in [0.2, 0.25) is 0 Å². The Hall–Kier alpha value is -0.920. The molecule has 1 unspecified atom stereocenters. The molecule has 1 N–H and O–H groups in total. The maximum Gasteiger partial charge on any atom is 0.309 e. The Labute approximate surface area is 139 Å². The van der Waals surface area contributed by atoms with Crippen molar-refractivity contribution in [1.29, 1.82) is 0 Å². The Morgan fingerprint density at radius 2 is 2.00 bits per heavy atom. The number of carbonyl (C=O) groups excluding carboxylic acids is 1. The van der Waals surface area contributed by atoms with E-state index in [1.54, 1.807) is 6.08 Å². The van der Waals surface area contributed by atoms with E-state index in [1.165, 1.54) is 6.42 Å². The summed E-state index contributed by atoms with van der Waals surface area (Å²) in [4.78, 5) is 11.8. The van der Waals surface area contributed by atoms with Crippen LogP contribution >= 0.6 is 0 Å². The van der Waals surface area contributed by atoms with Crippen molar-refractivity contribution >= 4 is 16.1 Å². The minimum atomic E-state index is -4.44. The first-order valence-corrected chi connectivity index (χ1v) is 10.00. The van der Waals surface area contributed by atoms with E-state index in [0.29, 0.717) is 6.04 Å². The summed E-state index contributed by atoms with van der Waals surface area (Å²) in [5.41, 5.74) is 0. The highest BCUT2D eigenvalue weighted by molar-refractivity contribution is 7.85. The van der Waals surface area contributed by atoms with Crippen molar-refractivity contribution in [1.82, 2.24) is 5.32 Å². The number of carbonyl (C=O) groups is 1. The van der Waals surface area contributed by atoms with Crippen LogP contribution in [0, 0.1) is 0 Å². The summed E-state index contributed by atoms with van der Waals surface area (Å²) in [5, 5.41) is 3.23. The molecule has 23 heavy (non-hydrogen) atoms. The van der Waals surface area contributed by atoms with Gasteiger partial charge in [0.05, 0.1) is 22.3 Å². The smallest absolute Gasteiger partial charge is 0.309 e. The SMILES string of the molecule is CCC/C=C\CC(=O)OC(CNC1CCCCC1)CS(=O)(=O)[O-]. The molecule has 0 saturated heterocycles. The van der Waals surface area contributed by atoms with Crippen LogP contribution < -0.4 is 5.32 Å². The van der Waals surface area contributed by atoms with Crippen LogP contribution in [0.5, 0.6) is 0 Å². The Morgan fingerprint density at radius 1 is 1.30 bits per heavy atom. The average Bonchev–Trinajstić information content (AvgIpc) is 2.49. The molecule has 1 aliphatic carbocycles. The second-order valence-electron chi connectivity index (χ2n) is 6.04. The van der Waals surface area contributed by atoms with Crippen LogP contribution in [0.3, 0.4) is 0 Å². The molecule has 1 rings (SSSR count). The minimum Gasteiger partial charge on any atom is -0.748 e. The van der Waals surface area contributed by atoms with Crippen molar-refractivity contribution in [3.05, 3.63) is 12.2 Å². The van der Waals surface area contributed by atoms with Gasteiger partial charge >= 0.3 is 5.97 Å². The minimum absolute atomic E-state index is 0.0961. The summed E-state index contributed by atoms with van der Waals surface area (Å²) in [7, 11) is -4.44. The molecule has 1 atom stereocenters. The second-order valence-corrected chi connectivity index (χ2v) is 7.49. The molecule has 0 heterocycles. The van der Waals surface area contributed by atoms with Gasteiger partial charge in [0.2, 0.25) is 0 Å². The fraction of sp³-hybridized carbons (Fsp3) is 0.812. The zero-order valence-corrected chi connectivity index (χ0v) is 14.6. The van der Waals surface area contributed by atoms with E-state index < -0.39 is 27.9 Å². The van der Waals surface area contributed by atoms with Gasteiger partial charge in [0.15, 0.2) is 0 Å². The van der Waals surface area contributed by atoms with Crippen LogP contribution in [-0.4, -0.2) is 43.4 Å². The van der Waals surface area contributed by atoms with Crippen molar-refractivity contribution in [3.8, 4) is 0 Å². The first-order valence-electron chi connectivity index (χ1n) is 8.42. The molecule has 0 aromatic rings. The maximum absolute atomic E-state index is 11.8. The number of ether oxygens (including phenoxy) is 1. The quantitative estimate of drug-likeness (QED) is 0.370. The summed E-state index contributed by atoms with van der Waals surface area (Å²) in [6, 6.07) is 0.309. The molecule has 1 aliphatic rings. The van der Waals surface area contributed by atoms with Gasteiger partial charge in [0.25, 0.3) is 0 Å². The normalized spacial score (nSPS) is 18.2. The van der Waals surface area contributed by atoms with E-state index >= 15 is 0 Å². The van der Waals surface area contributed by atoms with Gasteiger partial charge in [-0.1, -0.05) is 44.8 Å². The molecule has 0 amide bonds. The van der Waals surface area contributed by atoms with Gasteiger partial charge in [-0.3, -0.25) is 4.79 Å². The summed E-state index contributed by atoms with van der Waals surface area (Å²) in [6.07, 6.45) is 10.2. The largest absolute Gasteiger partial charge is 0.748 e. The average molecular weight is 346 g/mol. The van der Waals surface area contributed by atoms with E-state index in [0.717, 1.165) is 38.5 Å². The van der Waals surface area contributed by atoms with Crippen LogP contribution in [0.25, 0.3) is 0 Å². The molecule has 6 nitrogen and oxygen atoms in total. The topological polar surface area (TPSA) is 95.5 Å². The van der Waals surface area contributed by atoms with Crippen LogP contribution in [0.15, 0.2) is 12.2 Å². The summed E-state index contributed by atoms with van der Waals surface area (Å²) >= 11 is 0. The predicted molar refractivity (Wildman–Crippen MR) is 88.0 cm³/mol. The Balaban J connectivity index is 2.45. The highest BCUT2D eigenvalue weighted by Crippen LogP contribution is 2.17. The lowest BCUT2D eigenvalue weighted by atomic mass is 9.95. The summed E-state index contributed by atoms with van der Waals surface area (Å²) in [6.45, 7) is 2.24. The van der Waals surface area contributed by atoms with Crippen LogP contribution in [-0.2, 0) is 19.6 Å². The first-order chi connectivity index (χ1) is 10.9. The molecule has 0 aliphatic heterocycles. The highest BCUT2D eigenvalue weighted by Gasteiger charge is 2.20. The van der Waals surface area contributed by atoms with Gasteiger partial charge in [-0.05, 0) is 19.3 Å². The van der Waals surface area contributed by atoms with Crippen molar-refractivity contribution in [2.75, 3.05) is 12.3 Å². The fourth-order valence-electron chi connectivity index (χ4n) is 2.67. The van der Waals surface area contributed by atoms with E-state index in [1.807, 2.05) is 13.0 Å². The van der Waals surface area contributed by atoms with E-state index in [2.05, 4.69) is 5.32 Å². The summed E-state index contributed by atoms with van der Waals surface area (Å²) in [5.74, 6) is -1.19. The van der Waals surface area contributed by atoms with Gasteiger partial charge in [-0.2, -0.15) is 0 Å². The first kappa shape index (κ1) is 20.1. The van der Waals surface area contributed by atoms with Gasteiger partial charge in [0.1, 0.15) is 6.10 Å². The van der Waals surface area contributed by atoms with Gasteiger partial charge in [-0.25, -0.2) is 8.42 Å².